The molecule has 152 valence electrons. The smallest absolute Gasteiger partial charge is 0.227 e. The van der Waals surface area contributed by atoms with Crippen molar-refractivity contribution in [3.8, 4) is 17.3 Å². The van der Waals surface area contributed by atoms with E-state index in [1.54, 1.807) is 7.11 Å². The van der Waals surface area contributed by atoms with E-state index in [2.05, 4.69) is 20.4 Å². The van der Waals surface area contributed by atoms with Crippen molar-refractivity contribution in [3.63, 3.8) is 0 Å². The summed E-state index contributed by atoms with van der Waals surface area (Å²) in [6.07, 6.45) is 2.64. The molecule has 0 radical (unpaired) electrons. The summed E-state index contributed by atoms with van der Waals surface area (Å²) in [7, 11) is 3.62. The van der Waals surface area contributed by atoms with Gasteiger partial charge in [-0.05, 0) is 44.4 Å². The van der Waals surface area contributed by atoms with E-state index in [0.29, 0.717) is 5.82 Å². The number of hydrogen-bond acceptors (Lipinski definition) is 6. The minimum atomic E-state index is -0.188. The predicted octanol–water partition coefficient (Wildman–Crippen LogP) is 2.65. The van der Waals surface area contributed by atoms with E-state index in [4.69, 9.17) is 9.15 Å². The first kappa shape index (κ1) is 18.0. The van der Waals surface area contributed by atoms with E-state index < -0.39 is 0 Å². The lowest BCUT2D eigenvalue weighted by molar-refractivity contribution is -0.128. The van der Waals surface area contributed by atoms with Gasteiger partial charge in [-0.15, -0.1) is 10.2 Å². The van der Waals surface area contributed by atoms with Crippen LogP contribution in [0, 0.1) is 12.3 Å². The Bertz CT molecular complexity index is 1090. The highest BCUT2D eigenvalue weighted by molar-refractivity contribution is 5.88. The average molecular weight is 395 g/mol. The number of benzene rings is 1. The summed E-state index contributed by atoms with van der Waals surface area (Å²) in [5.74, 6) is 3.24. The van der Waals surface area contributed by atoms with Gasteiger partial charge in [-0.3, -0.25) is 9.36 Å². The molecule has 3 aromatic rings. The van der Waals surface area contributed by atoms with Gasteiger partial charge in [0.1, 0.15) is 11.3 Å². The number of anilines is 1. The molecule has 0 saturated carbocycles. The van der Waals surface area contributed by atoms with Crippen molar-refractivity contribution in [1.82, 2.24) is 20.1 Å². The molecule has 1 N–H and O–H groups in total. The van der Waals surface area contributed by atoms with Crippen LogP contribution >= 0.6 is 0 Å². The molecule has 4 heterocycles. The third-order valence-electron chi connectivity index (χ3n) is 6.57. The van der Waals surface area contributed by atoms with Crippen LogP contribution in [0.1, 0.15) is 24.8 Å². The molecule has 1 spiro atoms. The summed E-state index contributed by atoms with van der Waals surface area (Å²) in [6, 6.07) is 5.78. The van der Waals surface area contributed by atoms with Gasteiger partial charge in [0.05, 0.1) is 12.5 Å². The number of rotatable bonds is 3. The molecule has 2 saturated heterocycles. The quantitative estimate of drug-likeness (QED) is 0.734. The Hall–Kier alpha value is -3.03. The van der Waals surface area contributed by atoms with Crippen LogP contribution in [0.3, 0.4) is 0 Å². The van der Waals surface area contributed by atoms with Gasteiger partial charge in [-0.25, -0.2) is 0 Å². The van der Waals surface area contributed by atoms with Gasteiger partial charge < -0.3 is 19.4 Å². The normalized spacial score (nSPS) is 18.6. The molecule has 2 aliphatic heterocycles. The number of piperidine rings is 1. The molecule has 1 aromatic carbocycles. The highest BCUT2D eigenvalue weighted by atomic mass is 16.5. The first-order valence-corrected chi connectivity index (χ1v) is 10.0. The highest BCUT2D eigenvalue weighted by Gasteiger charge is 2.44. The minimum absolute atomic E-state index is 0.188. The molecule has 2 fully saturated rings. The van der Waals surface area contributed by atoms with Gasteiger partial charge in [0.2, 0.25) is 17.7 Å². The first-order chi connectivity index (χ1) is 14.0. The Morgan fingerprint density at radius 3 is 2.69 bits per heavy atom. The number of aromatic nitrogens is 3. The number of amides is 1. The molecule has 2 aromatic heterocycles. The zero-order valence-corrected chi connectivity index (χ0v) is 17.0. The number of nitrogens with zero attached hydrogens (tertiary/aromatic N) is 4. The monoisotopic (exact) mass is 395 g/mol. The molecule has 0 unspecified atom stereocenters. The number of fused-ring (bicyclic) bond motifs is 1. The van der Waals surface area contributed by atoms with E-state index >= 15 is 0 Å². The molecule has 0 atom stereocenters. The maximum Gasteiger partial charge on any atom is 0.227 e. The van der Waals surface area contributed by atoms with Crippen LogP contribution in [0.5, 0.6) is 5.75 Å². The summed E-state index contributed by atoms with van der Waals surface area (Å²) in [6.45, 7) is 4.42. The molecule has 0 aliphatic carbocycles. The molecule has 8 heteroatoms. The Kier molecular flexibility index (Phi) is 4.04. The molecule has 2 aliphatic rings. The predicted molar refractivity (Wildman–Crippen MR) is 109 cm³/mol. The van der Waals surface area contributed by atoms with Gasteiger partial charge in [0, 0.05) is 37.6 Å². The molecular formula is C21H25N5O3. The van der Waals surface area contributed by atoms with Crippen LogP contribution in [0.15, 0.2) is 22.6 Å². The van der Waals surface area contributed by atoms with Gasteiger partial charge in [-0.2, -0.15) is 0 Å². The van der Waals surface area contributed by atoms with E-state index in [-0.39, 0.29) is 11.3 Å². The van der Waals surface area contributed by atoms with Crippen molar-refractivity contribution in [2.24, 2.45) is 12.5 Å². The van der Waals surface area contributed by atoms with Gasteiger partial charge in [-0.1, -0.05) is 0 Å². The zero-order valence-electron chi connectivity index (χ0n) is 17.0. The number of hydrogen-bond donors (Lipinski definition) is 1. The Balaban J connectivity index is 1.44. The lowest BCUT2D eigenvalue weighted by Crippen LogP contribution is -2.44. The van der Waals surface area contributed by atoms with Crippen molar-refractivity contribution in [3.05, 3.63) is 23.8 Å². The third-order valence-corrected chi connectivity index (χ3v) is 6.57. The maximum absolute atomic E-state index is 12.2. The fourth-order valence-electron chi connectivity index (χ4n) is 4.66. The topological polar surface area (TPSA) is 85.4 Å². The molecular weight excluding hydrogens is 370 g/mol. The molecule has 1 amide bonds. The van der Waals surface area contributed by atoms with Crippen molar-refractivity contribution < 1.29 is 13.9 Å². The van der Waals surface area contributed by atoms with Crippen LogP contribution < -0.4 is 15.0 Å². The Labute approximate surface area is 168 Å². The number of methoxy groups -OCH3 is 1. The van der Waals surface area contributed by atoms with E-state index in [9.17, 15) is 4.79 Å². The van der Waals surface area contributed by atoms with Crippen LogP contribution in [0.4, 0.5) is 5.95 Å². The second kappa shape index (κ2) is 6.50. The summed E-state index contributed by atoms with van der Waals surface area (Å²) in [4.78, 5) is 14.5. The second-order valence-electron chi connectivity index (χ2n) is 8.07. The van der Waals surface area contributed by atoms with Crippen molar-refractivity contribution in [1.29, 1.82) is 0 Å². The summed E-state index contributed by atoms with van der Waals surface area (Å²) < 4.78 is 13.4. The van der Waals surface area contributed by atoms with Crippen LogP contribution in [0.2, 0.25) is 0 Å². The van der Waals surface area contributed by atoms with Gasteiger partial charge in [0.25, 0.3) is 0 Å². The van der Waals surface area contributed by atoms with Crippen LogP contribution in [0.25, 0.3) is 22.6 Å². The van der Waals surface area contributed by atoms with Crippen LogP contribution in [-0.4, -0.2) is 47.4 Å². The standard InChI is InChI=1S/C21H25N5O3/c1-13-15-12-14(28-3)4-5-16(15)29-17(13)18-23-24-20(25(18)2)26-10-7-21(8-11-26)6-9-22-19(21)27/h4-5,12H,6-11H2,1-3H3,(H,22,27). The largest absolute Gasteiger partial charge is 0.497 e. The fraction of sp³-hybridized carbons (Fsp3) is 0.476. The molecule has 5 rings (SSSR count). The van der Waals surface area contributed by atoms with E-state index in [1.807, 2.05) is 36.7 Å². The minimum Gasteiger partial charge on any atom is -0.497 e. The second-order valence-corrected chi connectivity index (χ2v) is 8.07. The number of nitrogens with one attached hydrogen (secondary N) is 1. The molecule has 29 heavy (non-hydrogen) atoms. The van der Waals surface area contributed by atoms with Gasteiger partial charge >= 0.3 is 0 Å². The van der Waals surface area contributed by atoms with Crippen molar-refractivity contribution in [2.75, 3.05) is 31.6 Å². The van der Waals surface area contributed by atoms with Gasteiger partial charge in [0.15, 0.2) is 5.76 Å². The molecule has 8 nitrogen and oxygen atoms in total. The maximum atomic E-state index is 12.2. The number of carbonyl (C=O) groups is 1. The lowest BCUT2D eigenvalue weighted by atomic mass is 9.77. The van der Waals surface area contributed by atoms with Crippen molar-refractivity contribution >= 4 is 22.8 Å². The van der Waals surface area contributed by atoms with Crippen LogP contribution in [-0.2, 0) is 11.8 Å². The highest BCUT2D eigenvalue weighted by Crippen LogP contribution is 2.40. The summed E-state index contributed by atoms with van der Waals surface area (Å²) in [5, 5.41) is 12.9. The average Bonchev–Trinajstić information content (AvgIpc) is 3.39. The number of ether oxygens (including phenoxy) is 1. The third kappa shape index (κ3) is 2.69. The number of furan rings is 1. The first-order valence-electron chi connectivity index (χ1n) is 10.0. The SMILES string of the molecule is COc1ccc2oc(-c3nnc(N4CCC5(CCNC5=O)CC4)n3C)c(C)c2c1. The van der Waals surface area contributed by atoms with E-state index in [1.165, 1.54) is 0 Å². The van der Waals surface area contributed by atoms with E-state index in [0.717, 1.165) is 72.9 Å². The Morgan fingerprint density at radius 2 is 2.00 bits per heavy atom. The lowest BCUT2D eigenvalue weighted by Gasteiger charge is -2.37. The number of carbonyl (C=O) groups excluding carboxylic acids is 1. The Morgan fingerprint density at radius 1 is 1.21 bits per heavy atom. The summed E-state index contributed by atoms with van der Waals surface area (Å²) in [5.41, 5.74) is 1.63. The zero-order chi connectivity index (χ0) is 20.2. The molecule has 0 bridgehead atoms. The summed E-state index contributed by atoms with van der Waals surface area (Å²) >= 11 is 0. The van der Waals surface area contributed by atoms with Crippen molar-refractivity contribution in [2.45, 2.75) is 26.2 Å². The fourth-order valence-corrected chi connectivity index (χ4v) is 4.66. The number of aryl methyl sites for hydroxylation is 1.